The van der Waals surface area contributed by atoms with Crippen LogP contribution in [-0.2, 0) is 0 Å². The van der Waals surface area contributed by atoms with Gasteiger partial charge in [-0.25, -0.2) is 10.1 Å². The van der Waals surface area contributed by atoms with Crippen molar-refractivity contribution in [3.05, 3.63) is 63.8 Å². The summed E-state index contributed by atoms with van der Waals surface area (Å²) in [7, 11) is 0. The highest BCUT2D eigenvalue weighted by molar-refractivity contribution is 6.42. The van der Waals surface area contributed by atoms with Crippen LogP contribution in [0.3, 0.4) is 0 Å². The lowest BCUT2D eigenvalue weighted by atomic mass is 10.1. The maximum atomic E-state index is 12.9. The minimum atomic E-state index is -0.660. The first kappa shape index (κ1) is 21.3. The number of benzene rings is 2. The molecule has 0 spiro atoms. The molecule has 0 aliphatic heterocycles. The van der Waals surface area contributed by atoms with Crippen molar-refractivity contribution in [1.82, 2.24) is 30.7 Å². The van der Waals surface area contributed by atoms with Gasteiger partial charge in [-0.3, -0.25) is 4.79 Å². The van der Waals surface area contributed by atoms with E-state index in [4.69, 9.17) is 28.9 Å². The molecule has 1 amide bonds. The molecular formula is C19H14Cl2N8O3. The summed E-state index contributed by atoms with van der Waals surface area (Å²) in [6.07, 6.45) is 0. The smallest absolute Gasteiger partial charge is 0.294 e. The molecule has 0 radical (unpaired) electrons. The molecule has 0 saturated carbocycles. The normalized spacial score (nSPS) is 11.5. The molecule has 2 aromatic heterocycles. The Labute approximate surface area is 190 Å². The Morgan fingerprint density at radius 2 is 2.00 bits per heavy atom. The fourth-order valence-corrected chi connectivity index (χ4v) is 3.10. The maximum absolute atomic E-state index is 12.9. The number of phenolic OH excluding ortho intramolecular Hbond substituents is 1. The molecular weight excluding hydrogens is 459 g/mol. The van der Waals surface area contributed by atoms with Crippen LogP contribution in [0.1, 0.15) is 23.0 Å². The van der Waals surface area contributed by atoms with Gasteiger partial charge in [0.1, 0.15) is 11.4 Å². The number of carbonyl (C=O) groups is 1. The third kappa shape index (κ3) is 4.11. The van der Waals surface area contributed by atoms with Crippen LogP contribution >= 0.6 is 23.2 Å². The van der Waals surface area contributed by atoms with E-state index >= 15 is 0 Å². The van der Waals surface area contributed by atoms with Crippen molar-refractivity contribution in [2.45, 2.75) is 6.92 Å². The summed E-state index contributed by atoms with van der Waals surface area (Å²) in [6.45, 7) is 1.67. The van der Waals surface area contributed by atoms with Crippen molar-refractivity contribution >= 4 is 40.6 Å². The molecule has 4 N–H and O–H groups in total. The maximum Gasteiger partial charge on any atom is 0.294 e. The van der Waals surface area contributed by atoms with E-state index in [-0.39, 0.29) is 33.8 Å². The Morgan fingerprint density at radius 1 is 1.19 bits per heavy atom. The fraction of sp³-hybridized carbons (Fsp3) is 0.0526. The Hall–Kier alpha value is -3.96. The predicted octanol–water partition coefficient (Wildman–Crippen LogP) is 3.07. The van der Waals surface area contributed by atoms with Crippen LogP contribution in [0, 0.1) is 0 Å². The Morgan fingerprint density at radius 3 is 2.69 bits per heavy atom. The van der Waals surface area contributed by atoms with Gasteiger partial charge in [-0.2, -0.15) is 9.78 Å². The molecule has 2 heterocycles. The van der Waals surface area contributed by atoms with E-state index in [1.165, 1.54) is 16.8 Å². The highest BCUT2D eigenvalue weighted by Crippen LogP contribution is 2.31. The van der Waals surface area contributed by atoms with Crippen molar-refractivity contribution in [2.75, 3.05) is 5.73 Å². The van der Waals surface area contributed by atoms with Gasteiger partial charge in [0, 0.05) is 11.1 Å². The average Bonchev–Trinajstić information content (AvgIpc) is 3.39. The van der Waals surface area contributed by atoms with Crippen LogP contribution in [0.25, 0.3) is 17.1 Å². The largest absolute Gasteiger partial charge is 0.508 e. The van der Waals surface area contributed by atoms with E-state index in [0.717, 1.165) is 0 Å². The number of nitrogens with zero attached hydrogens (tertiary/aromatic N) is 6. The zero-order valence-corrected chi connectivity index (χ0v) is 17.8. The Balaban J connectivity index is 1.74. The number of anilines is 1. The fourth-order valence-electron chi connectivity index (χ4n) is 2.81. The predicted molar refractivity (Wildman–Crippen MR) is 117 cm³/mol. The molecule has 0 aliphatic carbocycles. The number of phenols is 1. The zero-order chi connectivity index (χ0) is 22.8. The molecule has 4 rings (SSSR count). The van der Waals surface area contributed by atoms with Crippen LogP contribution < -0.4 is 11.2 Å². The zero-order valence-electron chi connectivity index (χ0n) is 16.3. The number of aromatic nitrogens is 5. The van der Waals surface area contributed by atoms with Crippen LogP contribution in [0.4, 0.5) is 5.82 Å². The van der Waals surface area contributed by atoms with Gasteiger partial charge < -0.3 is 10.8 Å². The van der Waals surface area contributed by atoms with Crippen LogP contribution in [-0.4, -0.2) is 42.0 Å². The van der Waals surface area contributed by atoms with Crippen LogP contribution in [0.2, 0.25) is 10.0 Å². The van der Waals surface area contributed by atoms with Crippen molar-refractivity contribution < 1.29 is 14.5 Å². The average molecular weight is 473 g/mol. The number of hydrogen-bond acceptors (Lipinski definition) is 9. The third-order valence-corrected chi connectivity index (χ3v) is 5.10. The SMILES string of the molecule is CC(=NNC(=O)c1nnn(-c2nonc2N)c1-c1ccc(Cl)c(Cl)c1)c1cccc(O)c1. The summed E-state index contributed by atoms with van der Waals surface area (Å²) >= 11 is 12.2. The number of halogens is 2. The van der Waals surface area contributed by atoms with E-state index in [9.17, 15) is 9.90 Å². The molecule has 32 heavy (non-hydrogen) atoms. The van der Waals surface area contributed by atoms with E-state index < -0.39 is 5.91 Å². The molecule has 0 bridgehead atoms. The summed E-state index contributed by atoms with van der Waals surface area (Å²) in [6, 6.07) is 11.2. The van der Waals surface area contributed by atoms with Crippen molar-refractivity contribution in [3.8, 4) is 22.8 Å². The van der Waals surface area contributed by atoms with Gasteiger partial charge in [0.05, 0.1) is 15.8 Å². The number of nitrogen functional groups attached to an aromatic ring is 1. The number of amides is 1. The van der Waals surface area contributed by atoms with E-state index in [0.29, 0.717) is 21.9 Å². The molecule has 0 saturated heterocycles. The Kier molecular flexibility index (Phi) is 5.75. The molecule has 2 aromatic carbocycles. The molecule has 0 atom stereocenters. The minimum absolute atomic E-state index is 0.0389. The number of rotatable bonds is 5. The van der Waals surface area contributed by atoms with Crippen molar-refractivity contribution in [2.24, 2.45) is 5.10 Å². The molecule has 162 valence electrons. The van der Waals surface area contributed by atoms with Gasteiger partial charge in [-0.1, -0.05) is 46.6 Å². The molecule has 4 aromatic rings. The quantitative estimate of drug-likeness (QED) is 0.295. The lowest BCUT2D eigenvalue weighted by Crippen LogP contribution is -2.21. The van der Waals surface area contributed by atoms with Crippen molar-refractivity contribution in [1.29, 1.82) is 0 Å². The second-order valence-corrected chi connectivity index (χ2v) is 7.30. The number of aromatic hydroxyl groups is 1. The summed E-state index contributed by atoms with van der Waals surface area (Å²) in [5.74, 6) is -0.600. The highest BCUT2D eigenvalue weighted by atomic mass is 35.5. The van der Waals surface area contributed by atoms with E-state index in [1.807, 2.05) is 0 Å². The second kappa shape index (κ2) is 8.65. The van der Waals surface area contributed by atoms with E-state index in [1.54, 1.807) is 37.3 Å². The first-order chi connectivity index (χ1) is 15.3. The van der Waals surface area contributed by atoms with Gasteiger partial charge in [0.2, 0.25) is 11.6 Å². The summed E-state index contributed by atoms with van der Waals surface area (Å²) < 4.78 is 5.84. The number of hydrazone groups is 1. The van der Waals surface area contributed by atoms with Gasteiger partial charge >= 0.3 is 0 Å². The lowest BCUT2D eigenvalue weighted by Gasteiger charge is -2.07. The summed E-state index contributed by atoms with van der Waals surface area (Å²) in [5.41, 5.74) is 9.90. The summed E-state index contributed by atoms with van der Waals surface area (Å²) in [5, 5.41) is 29.5. The summed E-state index contributed by atoms with van der Waals surface area (Å²) in [4.78, 5) is 12.9. The first-order valence-corrected chi connectivity index (χ1v) is 9.74. The van der Waals surface area contributed by atoms with E-state index in [2.05, 4.69) is 35.8 Å². The van der Waals surface area contributed by atoms with Crippen molar-refractivity contribution in [3.63, 3.8) is 0 Å². The van der Waals surface area contributed by atoms with Gasteiger partial charge in [-0.15, -0.1) is 5.10 Å². The second-order valence-electron chi connectivity index (χ2n) is 6.49. The van der Waals surface area contributed by atoms with Crippen LogP contribution in [0.5, 0.6) is 5.75 Å². The van der Waals surface area contributed by atoms with Crippen LogP contribution in [0.15, 0.2) is 52.2 Å². The molecule has 11 nitrogen and oxygen atoms in total. The number of carbonyl (C=O) groups excluding carboxylic acids is 1. The van der Waals surface area contributed by atoms with Gasteiger partial charge in [0.15, 0.2) is 5.69 Å². The minimum Gasteiger partial charge on any atom is -0.508 e. The molecule has 0 unspecified atom stereocenters. The highest BCUT2D eigenvalue weighted by Gasteiger charge is 2.25. The Bertz CT molecular complexity index is 1350. The lowest BCUT2D eigenvalue weighted by molar-refractivity contribution is 0.0950. The molecule has 0 aliphatic rings. The number of hydrogen-bond donors (Lipinski definition) is 3. The van der Waals surface area contributed by atoms with Gasteiger partial charge in [0.25, 0.3) is 5.91 Å². The molecule has 13 heteroatoms. The first-order valence-electron chi connectivity index (χ1n) is 8.98. The monoisotopic (exact) mass is 472 g/mol. The topological polar surface area (TPSA) is 157 Å². The third-order valence-electron chi connectivity index (χ3n) is 4.36. The number of nitrogens with two attached hydrogens (primary N) is 1. The number of nitrogens with one attached hydrogen (secondary N) is 1. The van der Waals surface area contributed by atoms with Gasteiger partial charge in [-0.05, 0) is 41.5 Å². The standard InChI is InChI=1S/C19H14Cl2N8O3/c1-9(10-3-2-4-12(30)7-10)23-25-19(31)15-16(11-5-6-13(20)14(21)8-11)29(28-24-15)18-17(22)26-32-27-18/h2-8,30H,1H3,(H2,22,26)(H,25,31). The molecule has 0 fully saturated rings.